The van der Waals surface area contributed by atoms with Gasteiger partial charge in [-0.15, -0.1) is 0 Å². The van der Waals surface area contributed by atoms with Gasteiger partial charge in [0.05, 0.1) is 25.3 Å². The van der Waals surface area contributed by atoms with Crippen molar-refractivity contribution in [2.24, 2.45) is 5.41 Å². The summed E-state index contributed by atoms with van der Waals surface area (Å²) in [6, 6.07) is 0. The number of nitrogen functional groups attached to an aromatic ring is 1. The van der Waals surface area contributed by atoms with Crippen LogP contribution in [0.4, 0.5) is 5.82 Å². The third-order valence-electron chi connectivity index (χ3n) is 7.54. The number of imidazole rings is 1. The van der Waals surface area contributed by atoms with Gasteiger partial charge in [-0.25, -0.2) is 28.6 Å². The number of carbonyl (C=O) groups is 3. The molecular weight excluding hydrogens is 835 g/mol. The molecule has 3 rings (SSSR count). The molecule has 56 heavy (non-hydrogen) atoms. The highest BCUT2D eigenvalue weighted by Crippen LogP contribution is 2.61. The maximum atomic E-state index is 12.7. The molecule has 2 aromatic heterocycles. The van der Waals surface area contributed by atoms with E-state index < -0.39 is 84.6 Å². The van der Waals surface area contributed by atoms with Crippen LogP contribution >= 0.6 is 35.2 Å². The average molecular weight is 880 g/mol. The molecule has 1 aliphatic heterocycles. The first-order valence-corrected chi connectivity index (χ1v) is 21.9. The second-order valence-electron chi connectivity index (χ2n) is 12.6. The zero-order valence-corrected chi connectivity index (χ0v) is 33.5. The van der Waals surface area contributed by atoms with Gasteiger partial charge in [-0.3, -0.25) is 32.5 Å². The molecule has 316 valence electrons. The maximum Gasteiger partial charge on any atom is 0.481 e. The number of fused-ring (bicyclic) bond motifs is 1. The molecule has 1 aliphatic rings. The number of anilines is 1. The molecule has 0 bridgehead atoms. The molecule has 25 nitrogen and oxygen atoms in total. The Morgan fingerprint density at radius 2 is 1.75 bits per heavy atom. The SMILES string of the molecule is CCCC(O)=CC(=O)SCCNC(=O)CCNC(=O)C(O)C(C)(C)COP(=O)(O)OP(=O)(O)OC[C@H]1O[C@@H](n2cnc3c(N)ncnc32)[C@H](O)[C@@H]1OP(=O)(O)O. The van der Waals surface area contributed by atoms with E-state index in [1.165, 1.54) is 13.8 Å². The van der Waals surface area contributed by atoms with E-state index in [1.807, 2.05) is 6.92 Å². The van der Waals surface area contributed by atoms with Crippen molar-refractivity contribution in [3.05, 3.63) is 24.5 Å². The third-order valence-corrected chi connectivity index (χ3v) is 11.4. The number of phosphoric acid groups is 3. The summed E-state index contributed by atoms with van der Waals surface area (Å²) < 4.78 is 62.0. The minimum atomic E-state index is -5.58. The van der Waals surface area contributed by atoms with Gasteiger partial charge < -0.3 is 56.0 Å². The molecule has 0 spiro atoms. The number of carbonyl (C=O) groups excluding carboxylic acids is 3. The molecule has 3 heterocycles. The van der Waals surface area contributed by atoms with Crippen molar-refractivity contribution >= 4 is 69.1 Å². The Labute approximate surface area is 322 Å². The summed E-state index contributed by atoms with van der Waals surface area (Å²) in [5, 5.41) is 35.4. The van der Waals surface area contributed by atoms with Crippen molar-refractivity contribution < 1.29 is 85.6 Å². The Balaban J connectivity index is 1.49. The number of phosphoric ester groups is 3. The Kier molecular flexibility index (Phi) is 17.1. The number of rotatable bonds is 22. The molecule has 29 heteroatoms. The van der Waals surface area contributed by atoms with Gasteiger partial charge in [0.25, 0.3) is 0 Å². The zero-order valence-electron chi connectivity index (χ0n) is 30.0. The lowest BCUT2D eigenvalue weighted by molar-refractivity contribution is -0.137. The molecule has 3 unspecified atom stereocenters. The molecule has 0 saturated carbocycles. The highest BCUT2D eigenvalue weighted by molar-refractivity contribution is 8.14. The van der Waals surface area contributed by atoms with Crippen molar-refractivity contribution in [1.82, 2.24) is 30.2 Å². The summed E-state index contributed by atoms with van der Waals surface area (Å²) in [4.78, 5) is 87.2. The first kappa shape index (κ1) is 47.5. The quantitative estimate of drug-likeness (QED) is 0.0320. The molecule has 1 fully saturated rings. The minimum Gasteiger partial charge on any atom is -0.512 e. The van der Waals surface area contributed by atoms with Crippen LogP contribution in [-0.2, 0) is 50.7 Å². The Morgan fingerprint density at radius 1 is 1.07 bits per heavy atom. The molecule has 2 amide bonds. The first-order valence-electron chi connectivity index (χ1n) is 16.4. The number of amides is 2. The van der Waals surface area contributed by atoms with Crippen molar-refractivity contribution in [3.8, 4) is 0 Å². The predicted octanol–water partition coefficient (Wildman–Crippen LogP) is -0.0933. The van der Waals surface area contributed by atoms with E-state index in [1.54, 1.807) is 0 Å². The number of thioether (sulfide) groups is 1. The fourth-order valence-electron chi connectivity index (χ4n) is 4.79. The molecule has 2 aromatic rings. The largest absolute Gasteiger partial charge is 0.512 e. The van der Waals surface area contributed by atoms with Gasteiger partial charge in [0.2, 0.25) is 16.9 Å². The number of hydrogen-bond acceptors (Lipinski definition) is 19. The summed E-state index contributed by atoms with van der Waals surface area (Å²) in [6.45, 7) is 2.17. The summed E-state index contributed by atoms with van der Waals surface area (Å²) in [5.74, 6) is -1.34. The number of nitrogens with zero attached hydrogens (tertiary/aromatic N) is 4. The van der Waals surface area contributed by atoms with Gasteiger partial charge in [0.1, 0.15) is 36.3 Å². The number of allylic oxidation sites excluding steroid dienone is 1. The monoisotopic (exact) mass is 879 g/mol. The zero-order chi connectivity index (χ0) is 42.1. The second-order valence-corrected chi connectivity index (χ2v) is 18.0. The maximum absolute atomic E-state index is 12.7. The number of nitrogens with two attached hydrogens (primary N) is 1. The number of nitrogens with one attached hydrogen (secondary N) is 2. The predicted molar refractivity (Wildman–Crippen MR) is 193 cm³/mol. The van der Waals surface area contributed by atoms with E-state index in [0.717, 1.165) is 35.1 Å². The lowest BCUT2D eigenvalue weighted by Gasteiger charge is -2.30. The standard InChI is InChI=1S/C27H44N7O18P3S/c1-4-5-15(35)10-18(37)56-9-8-29-17(36)6-7-30-25(40)22(39)27(2,3)12-49-55(46,47)52-54(44,45)48-11-16-21(51-53(41,42)43)20(38)26(50-16)34-14-33-19-23(28)31-13-32-24(19)34/h10,13-14,16,20-22,26,35,38-39H,4-9,11-12H2,1-3H3,(H,29,36)(H,30,40)(H,44,45)(H,46,47)(H2,28,31,32)(H2,41,42,43)/t16-,20-,21-,22?,26-/m1/s1. The van der Waals surface area contributed by atoms with Crippen molar-refractivity contribution in [3.63, 3.8) is 0 Å². The number of ether oxygens (including phenoxy) is 1. The summed E-state index contributed by atoms with van der Waals surface area (Å²) >= 11 is 0.888. The molecule has 0 aromatic carbocycles. The smallest absolute Gasteiger partial charge is 0.481 e. The van der Waals surface area contributed by atoms with E-state index in [4.69, 9.17) is 19.5 Å². The lowest BCUT2D eigenvalue weighted by Crippen LogP contribution is -2.46. The number of aliphatic hydroxyl groups is 3. The van der Waals surface area contributed by atoms with E-state index >= 15 is 0 Å². The molecule has 1 saturated heterocycles. The van der Waals surface area contributed by atoms with Crippen LogP contribution in [-0.4, -0.2) is 128 Å². The fourth-order valence-corrected chi connectivity index (χ4v) is 8.24. The fraction of sp³-hybridized carbons (Fsp3) is 0.630. The molecule has 11 N–H and O–H groups in total. The van der Waals surface area contributed by atoms with Crippen LogP contribution in [0.25, 0.3) is 11.2 Å². The van der Waals surface area contributed by atoms with Crippen LogP contribution in [0.5, 0.6) is 0 Å². The summed E-state index contributed by atoms with van der Waals surface area (Å²) in [7, 11) is -16.4. The number of hydrogen-bond donors (Lipinski definition) is 10. The highest BCUT2D eigenvalue weighted by atomic mass is 32.2. The van der Waals surface area contributed by atoms with E-state index in [-0.39, 0.29) is 53.1 Å². The van der Waals surface area contributed by atoms with Crippen LogP contribution < -0.4 is 16.4 Å². The van der Waals surface area contributed by atoms with Gasteiger partial charge in [-0.05, 0) is 6.42 Å². The van der Waals surface area contributed by atoms with Gasteiger partial charge in [-0.1, -0.05) is 32.5 Å². The van der Waals surface area contributed by atoms with Crippen molar-refractivity contribution in [2.45, 2.75) is 70.7 Å². The summed E-state index contributed by atoms with van der Waals surface area (Å²) in [5.41, 5.74) is 4.23. The van der Waals surface area contributed by atoms with Gasteiger partial charge >= 0.3 is 23.5 Å². The minimum absolute atomic E-state index is 0.0251. The van der Waals surface area contributed by atoms with Gasteiger partial charge in [0.15, 0.2) is 17.7 Å². The lowest BCUT2D eigenvalue weighted by atomic mass is 9.87. The highest BCUT2D eigenvalue weighted by Gasteiger charge is 2.50. The van der Waals surface area contributed by atoms with Gasteiger partial charge in [0, 0.05) is 43.2 Å². The van der Waals surface area contributed by atoms with Crippen molar-refractivity contribution in [1.29, 1.82) is 0 Å². The Morgan fingerprint density at radius 3 is 2.41 bits per heavy atom. The topological polar surface area (TPSA) is 384 Å². The van der Waals surface area contributed by atoms with Gasteiger partial charge in [-0.2, -0.15) is 4.31 Å². The third kappa shape index (κ3) is 14.5. The van der Waals surface area contributed by atoms with E-state index in [9.17, 15) is 63.0 Å². The first-order chi connectivity index (χ1) is 25.9. The van der Waals surface area contributed by atoms with E-state index in [2.05, 4.69) is 34.4 Å². The molecule has 0 aliphatic carbocycles. The number of aliphatic hydroxyl groups excluding tert-OH is 3. The van der Waals surface area contributed by atoms with E-state index in [0.29, 0.717) is 12.8 Å². The van der Waals surface area contributed by atoms with Crippen LogP contribution in [0.1, 0.15) is 46.3 Å². The normalized spacial score (nSPS) is 22.0. The van der Waals surface area contributed by atoms with Crippen molar-refractivity contribution in [2.75, 3.05) is 37.8 Å². The Hall–Kier alpha value is -2.90. The molecular formula is C27H44N7O18P3S. The molecule has 0 radical (unpaired) electrons. The van der Waals surface area contributed by atoms with Crippen LogP contribution in [0.2, 0.25) is 0 Å². The van der Waals surface area contributed by atoms with Crippen LogP contribution in [0, 0.1) is 5.41 Å². The average Bonchev–Trinajstić information content (AvgIpc) is 3.64. The van der Waals surface area contributed by atoms with Crippen LogP contribution in [0.3, 0.4) is 0 Å². The second kappa shape index (κ2) is 20.2. The van der Waals surface area contributed by atoms with Crippen LogP contribution in [0.15, 0.2) is 24.5 Å². The number of aromatic nitrogens is 4. The summed E-state index contributed by atoms with van der Waals surface area (Å²) in [6.07, 6.45) is -4.86. The Bertz CT molecular complexity index is 1880. The molecule has 7 atom stereocenters.